The Morgan fingerprint density at radius 1 is 0.963 bits per heavy atom. The standard InChI is InChI=1S/C20H15Cl2N3O2/c21-14-9-7-13(8-10-14)20(27)25-18(12-17-5-2-6-19(26)24-17)23-16-4-1-3-15(22)11-16/h1-11H,12H2,(H,24,26)(H,23,25,27). The molecule has 0 unspecified atom stereocenters. The Morgan fingerprint density at radius 3 is 2.41 bits per heavy atom. The summed E-state index contributed by atoms with van der Waals surface area (Å²) in [7, 11) is 0. The number of nitrogens with one attached hydrogen (secondary N) is 2. The summed E-state index contributed by atoms with van der Waals surface area (Å²) in [4.78, 5) is 31.3. The molecule has 2 N–H and O–H groups in total. The van der Waals surface area contributed by atoms with E-state index in [2.05, 4.69) is 15.3 Å². The molecule has 0 aliphatic heterocycles. The third-order valence-electron chi connectivity index (χ3n) is 3.62. The lowest BCUT2D eigenvalue weighted by Gasteiger charge is -2.10. The van der Waals surface area contributed by atoms with E-state index in [-0.39, 0.29) is 17.9 Å². The summed E-state index contributed by atoms with van der Waals surface area (Å²) in [6, 6.07) is 18.3. The van der Waals surface area contributed by atoms with Gasteiger partial charge in [-0.2, -0.15) is 0 Å². The highest BCUT2D eigenvalue weighted by molar-refractivity contribution is 6.31. The van der Waals surface area contributed by atoms with Gasteiger partial charge in [0.25, 0.3) is 5.91 Å². The molecular weight excluding hydrogens is 385 g/mol. The molecule has 0 saturated carbocycles. The van der Waals surface area contributed by atoms with Crippen LogP contribution in [-0.4, -0.2) is 16.7 Å². The van der Waals surface area contributed by atoms with Crippen LogP contribution in [0, 0.1) is 0 Å². The number of pyridine rings is 1. The van der Waals surface area contributed by atoms with E-state index in [1.54, 1.807) is 60.7 Å². The fourth-order valence-electron chi connectivity index (χ4n) is 2.39. The first kappa shape index (κ1) is 18.9. The number of carbonyl (C=O) groups is 1. The van der Waals surface area contributed by atoms with Crippen molar-refractivity contribution in [2.45, 2.75) is 6.42 Å². The van der Waals surface area contributed by atoms with E-state index in [9.17, 15) is 9.59 Å². The number of H-pyrrole nitrogens is 1. The van der Waals surface area contributed by atoms with Gasteiger partial charge in [-0.25, -0.2) is 4.99 Å². The molecule has 0 atom stereocenters. The number of aliphatic imine (C=N–C) groups is 1. The second kappa shape index (κ2) is 8.66. The number of nitrogens with zero attached hydrogens (tertiary/aromatic N) is 1. The minimum atomic E-state index is -0.328. The zero-order valence-electron chi connectivity index (χ0n) is 14.1. The van der Waals surface area contributed by atoms with Gasteiger partial charge < -0.3 is 10.3 Å². The molecule has 136 valence electrons. The van der Waals surface area contributed by atoms with Crippen molar-refractivity contribution in [2.75, 3.05) is 0 Å². The number of aromatic nitrogens is 1. The second-order valence-electron chi connectivity index (χ2n) is 5.72. The third-order valence-corrected chi connectivity index (χ3v) is 4.11. The Kier molecular flexibility index (Phi) is 6.06. The van der Waals surface area contributed by atoms with Crippen molar-refractivity contribution in [3.05, 3.63) is 98.4 Å². The van der Waals surface area contributed by atoms with Crippen LogP contribution < -0.4 is 10.9 Å². The van der Waals surface area contributed by atoms with E-state index in [4.69, 9.17) is 23.2 Å². The predicted octanol–water partition coefficient (Wildman–Crippen LogP) is 4.38. The highest BCUT2D eigenvalue weighted by Gasteiger charge is 2.11. The first-order chi connectivity index (χ1) is 13.0. The monoisotopic (exact) mass is 399 g/mol. The third kappa shape index (κ3) is 5.54. The largest absolute Gasteiger partial charge is 0.326 e. The average Bonchev–Trinajstić information content (AvgIpc) is 2.62. The Bertz CT molecular complexity index is 1040. The number of benzene rings is 2. The zero-order valence-corrected chi connectivity index (χ0v) is 15.6. The minimum absolute atomic E-state index is 0.223. The average molecular weight is 400 g/mol. The maximum atomic E-state index is 12.5. The fourth-order valence-corrected chi connectivity index (χ4v) is 2.70. The molecule has 0 fully saturated rings. The maximum Gasteiger partial charge on any atom is 0.256 e. The van der Waals surface area contributed by atoms with Crippen molar-refractivity contribution in [1.29, 1.82) is 0 Å². The summed E-state index contributed by atoms with van der Waals surface area (Å²) in [5, 5.41) is 3.87. The van der Waals surface area contributed by atoms with Crippen LogP contribution in [0.25, 0.3) is 0 Å². The van der Waals surface area contributed by atoms with Crippen molar-refractivity contribution in [1.82, 2.24) is 10.3 Å². The van der Waals surface area contributed by atoms with Gasteiger partial charge in [-0.3, -0.25) is 9.59 Å². The summed E-state index contributed by atoms with van der Waals surface area (Å²) in [6.07, 6.45) is 0.238. The zero-order chi connectivity index (χ0) is 19.2. The lowest BCUT2D eigenvalue weighted by atomic mass is 10.2. The normalized spacial score (nSPS) is 11.3. The lowest BCUT2D eigenvalue weighted by Crippen LogP contribution is -2.32. The Morgan fingerprint density at radius 2 is 1.70 bits per heavy atom. The molecule has 1 aromatic heterocycles. The molecule has 1 heterocycles. The van der Waals surface area contributed by atoms with E-state index >= 15 is 0 Å². The molecular formula is C20H15Cl2N3O2. The fraction of sp³-hybridized carbons (Fsp3) is 0.0500. The van der Waals surface area contributed by atoms with Gasteiger partial charge >= 0.3 is 0 Å². The van der Waals surface area contributed by atoms with E-state index < -0.39 is 0 Å². The van der Waals surface area contributed by atoms with Crippen molar-refractivity contribution < 1.29 is 4.79 Å². The number of hydrogen-bond donors (Lipinski definition) is 2. The van der Waals surface area contributed by atoms with Gasteiger partial charge in [0.15, 0.2) is 0 Å². The van der Waals surface area contributed by atoms with Gasteiger partial charge in [0, 0.05) is 33.8 Å². The van der Waals surface area contributed by atoms with Gasteiger partial charge in [-0.1, -0.05) is 35.3 Å². The topological polar surface area (TPSA) is 74.3 Å². The van der Waals surface area contributed by atoms with E-state index in [1.807, 2.05) is 0 Å². The summed E-state index contributed by atoms with van der Waals surface area (Å²) >= 11 is 11.9. The number of amides is 1. The summed E-state index contributed by atoms with van der Waals surface area (Å²) < 4.78 is 0. The van der Waals surface area contributed by atoms with Crippen LogP contribution >= 0.6 is 23.2 Å². The Hall–Kier alpha value is -2.89. The van der Waals surface area contributed by atoms with E-state index in [0.29, 0.717) is 32.8 Å². The molecule has 0 aliphatic rings. The number of hydrogen-bond acceptors (Lipinski definition) is 3. The first-order valence-corrected chi connectivity index (χ1v) is 8.83. The van der Waals surface area contributed by atoms with E-state index in [0.717, 1.165) is 0 Å². The molecule has 0 aliphatic carbocycles. The highest BCUT2D eigenvalue weighted by Crippen LogP contribution is 2.18. The molecule has 0 radical (unpaired) electrons. The predicted molar refractivity (Wildman–Crippen MR) is 108 cm³/mol. The van der Waals surface area contributed by atoms with Crippen LogP contribution in [0.15, 0.2) is 76.5 Å². The van der Waals surface area contributed by atoms with Crippen molar-refractivity contribution in [3.63, 3.8) is 0 Å². The number of aromatic amines is 1. The van der Waals surface area contributed by atoms with Crippen LogP contribution in [0.2, 0.25) is 10.0 Å². The minimum Gasteiger partial charge on any atom is -0.326 e. The molecule has 2 aromatic carbocycles. The highest BCUT2D eigenvalue weighted by atomic mass is 35.5. The molecule has 7 heteroatoms. The molecule has 1 amide bonds. The number of rotatable bonds is 4. The summed E-state index contributed by atoms with van der Waals surface area (Å²) in [5.74, 6) is 0.0461. The molecule has 5 nitrogen and oxygen atoms in total. The first-order valence-electron chi connectivity index (χ1n) is 8.08. The maximum absolute atomic E-state index is 12.5. The van der Waals surface area contributed by atoms with E-state index in [1.165, 1.54) is 6.07 Å². The molecule has 0 bridgehead atoms. The number of amidine groups is 1. The van der Waals surface area contributed by atoms with Crippen LogP contribution in [0.5, 0.6) is 0 Å². The quantitative estimate of drug-likeness (QED) is 0.504. The summed E-state index contributed by atoms with van der Waals surface area (Å²) in [6.45, 7) is 0. The molecule has 27 heavy (non-hydrogen) atoms. The van der Waals surface area contributed by atoms with Crippen LogP contribution in [0.4, 0.5) is 5.69 Å². The summed E-state index contributed by atoms with van der Waals surface area (Å²) in [5.41, 5.74) is 1.44. The van der Waals surface area contributed by atoms with Gasteiger partial charge in [-0.15, -0.1) is 0 Å². The van der Waals surface area contributed by atoms with Crippen molar-refractivity contribution in [2.24, 2.45) is 4.99 Å². The van der Waals surface area contributed by atoms with Gasteiger partial charge in [0.2, 0.25) is 5.56 Å². The van der Waals surface area contributed by atoms with Crippen molar-refractivity contribution >= 4 is 40.6 Å². The SMILES string of the molecule is O=C(NC(Cc1cccc(=O)[nH]1)=Nc1cccc(Cl)c1)c1ccc(Cl)cc1. The second-order valence-corrected chi connectivity index (χ2v) is 6.59. The van der Waals surface area contributed by atoms with Crippen LogP contribution in [0.1, 0.15) is 16.1 Å². The van der Waals surface area contributed by atoms with Gasteiger partial charge in [0.05, 0.1) is 5.69 Å². The molecule has 0 saturated heterocycles. The number of carbonyl (C=O) groups excluding carboxylic acids is 1. The smallest absolute Gasteiger partial charge is 0.256 e. The lowest BCUT2D eigenvalue weighted by molar-refractivity contribution is 0.0976. The van der Waals surface area contributed by atoms with Gasteiger partial charge in [-0.05, 0) is 48.5 Å². The molecule has 3 rings (SSSR count). The number of halogens is 2. The molecule has 3 aromatic rings. The van der Waals surface area contributed by atoms with Crippen LogP contribution in [-0.2, 0) is 6.42 Å². The van der Waals surface area contributed by atoms with Gasteiger partial charge in [0.1, 0.15) is 5.84 Å². The Balaban J connectivity index is 1.90. The van der Waals surface area contributed by atoms with Crippen molar-refractivity contribution in [3.8, 4) is 0 Å². The van der Waals surface area contributed by atoms with Crippen LogP contribution in [0.3, 0.4) is 0 Å². The Labute approximate surface area is 165 Å². The molecule has 0 spiro atoms.